The molecular weight excluding hydrogens is 342 g/mol. The van der Waals surface area contributed by atoms with Crippen molar-refractivity contribution in [3.05, 3.63) is 55.7 Å². The van der Waals surface area contributed by atoms with E-state index in [4.69, 9.17) is 46.4 Å². The van der Waals surface area contributed by atoms with Crippen molar-refractivity contribution in [3.63, 3.8) is 0 Å². The molecule has 0 saturated heterocycles. The van der Waals surface area contributed by atoms with Crippen molar-refractivity contribution in [2.75, 3.05) is 5.32 Å². The molecule has 1 N–H and O–H groups in total. The van der Waals surface area contributed by atoms with Crippen LogP contribution in [0.15, 0.2) is 24.4 Å². The molecule has 0 spiro atoms. The van der Waals surface area contributed by atoms with Crippen LogP contribution in [0.4, 0.5) is 5.69 Å². The maximum atomic E-state index is 12.1. The van der Waals surface area contributed by atoms with Gasteiger partial charge in [-0.05, 0) is 25.1 Å². The van der Waals surface area contributed by atoms with E-state index in [9.17, 15) is 4.79 Å². The van der Waals surface area contributed by atoms with Crippen LogP contribution < -0.4 is 5.32 Å². The first-order chi connectivity index (χ1) is 9.38. The van der Waals surface area contributed by atoms with E-state index in [0.29, 0.717) is 15.7 Å². The number of rotatable bonds is 2. The van der Waals surface area contributed by atoms with E-state index >= 15 is 0 Å². The second-order valence-electron chi connectivity index (χ2n) is 4.00. The second-order valence-corrected chi connectivity index (χ2v) is 5.66. The van der Waals surface area contributed by atoms with Gasteiger partial charge >= 0.3 is 0 Å². The van der Waals surface area contributed by atoms with Gasteiger partial charge in [-0.15, -0.1) is 0 Å². The van der Waals surface area contributed by atoms with Gasteiger partial charge in [-0.3, -0.25) is 9.78 Å². The van der Waals surface area contributed by atoms with Crippen molar-refractivity contribution in [1.82, 2.24) is 4.98 Å². The molecular formula is C13H8Cl4N2O. The predicted octanol–water partition coefficient (Wildman–Crippen LogP) is 5.26. The van der Waals surface area contributed by atoms with Crippen LogP contribution in [0.25, 0.3) is 0 Å². The van der Waals surface area contributed by atoms with Crippen molar-refractivity contribution in [2.24, 2.45) is 0 Å². The molecule has 0 fully saturated rings. The average Bonchev–Trinajstić information content (AvgIpc) is 2.33. The van der Waals surface area contributed by atoms with Gasteiger partial charge in [-0.2, -0.15) is 0 Å². The number of pyridine rings is 1. The lowest BCUT2D eigenvalue weighted by Gasteiger charge is -2.10. The van der Waals surface area contributed by atoms with Crippen molar-refractivity contribution >= 4 is 58.0 Å². The topological polar surface area (TPSA) is 42.0 Å². The molecule has 3 nitrogen and oxygen atoms in total. The Bertz CT molecular complexity index is 665. The van der Waals surface area contributed by atoms with E-state index in [1.165, 1.54) is 18.3 Å². The van der Waals surface area contributed by atoms with Gasteiger partial charge < -0.3 is 5.32 Å². The number of aromatic nitrogens is 1. The van der Waals surface area contributed by atoms with Crippen LogP contribution in [0, 0.1) is 6.92 Å². The molecule has 0 unspecified atom stereocenters. The molecule has 7 heteroatoms. The number of benzene rings is 1. The zero-order valence-electron chi connectivity index (χ0n) is 10.2. The first-order valence-electron chi connectivity index (χ1n) is 5.46. The smallest absolute Gasteiger partial charge is 0.258 e. The SMILES string of the molecule is Cc1cc(Cl)c(C(=O)Nc2c(Cl)cc(Cl)cc2Cl)cn1. The van der Waals surface area contributed by atoms with Crippen LogP contribution in [0.2, 0.25) is 20.1 Å². The summed E-state index contributed by atoms with van der Waals surface area (Å²) in [6.45, 7) is 1.78. The fraction of sp³-hybridized carbons (Fsp3) is 0.0769. The molecule has 0 aliphatic carbocycles. The fourth-order valence-electron chi connectivity index (χ4n) is 1.54. The van der Waals surface area contributed by atoms with Crippen LogP contribution in [0.1, 0.15) is 16.1 Å². The number of hydrogen-bond acceptors (Lipinski definition) is 2. The summed E-state index contributed by atoms with van der Waals surface area (Å²) in [4.78, 5) is 16.2. The van der Waals surface area contributed by atoms with Crippen LogP contribution in [-0.4, -0.2) is 10.9 Å². The maximum absolute atomic E-state index is 12.1. The number of hydrogen-bond donors (Lipinski definition) is 1. The quantitative estimate of drug-likeness (QED) is 0.803. The molecule has 0 bridgehead atoms. The molecule has 0 saturated carbocycles. The van der Waals surface area contributed by atoms with Gasteiger partial charge in [-0.1, -0.05) is 46.4 Å². The van der Waals surface area contributed by atoms with Gasteiger partial charge in [-0.25, -0.2) is 0 Å². The summed E-state index contributed by atoms with van der Waals surface area (Å²) in [6, 6.07) is 4.57. The number of halogens is 4. The number of aryl methyl sites for hydroxylation is 1. The van der Waals surface area contributed by atoms with E-state index in [-0.39, 0.29) is 21.3 Å². The lowest BCUT2D eigenvalue weighted by atomic mass is 10.2. The fourth-order valence-corrected chi connectivity index (χ4v) is 2.74. The third-order valence-corrected chi connectivity index (χ3v) is 3.61. The molecule has 0 radical (unpaired) electrons. The number of carbonyl (C=O) groups excluding carboxylic acids is 1. The first kappa shape index (κ1) is 15.4. The Balaban J connectivity index is 2.33. The summed E-state index contributed by atoms with van der Waals surface area (Å²) in [7, 11) is 0. The van der Waals surface area contributed by atoms with Crippen molar-refractivity contribution in [1.29, 1.82) is 0 Å². The Labute approximate surface area is 135 Å². The Hall–Kier alpha value is -1.00. The third-order valence-electron chi connectivity index (χ3n) is 2.48. The van der Waals surface area contributed by atoms with Gasteiger partial charge in [0, 0.05) is 16.9 Å². The highest BCUT2D eigenvalue weighted by atomic mass is 35.5. The lowest BCUT2D eigenvalue weighted by Crippen LogP contribution is -2.13. The molecule has 104 valence electrons. The van der Waals surface area contributed by atoms with E-state index in [1.54, 1.807) is 13.0 Å². The summed E-state index contributed by atoms with van der Waals surface area (Å²) in [6.07, 6.45) is 1.39. The minimum Gasteiger partial charge on any atom is -0.319 e. The second kappa shape index (κ2) is 6.19. The van der Waals surface area contributed by atoms with Crippen LogP contribution in [-0.2, 0) is 0 Å². The molecule has 0 aliphatic heterocycles. The highest BCUT2D eigenvalue weighted by Gasteiger charge is 2.15. The molecule has 1 aromatic carbocycles. The minimum atomic E-state index is -0.450. The maximum Gasteiger partial charge on any atom is 0.258 e. The van der Waals surface area contributed by atoms with Crippen molar-refractivity contribution in [2.45, 2.75) is 6.92 Å². The zero-order chi connectivity index (χ0) is 14.9. The van der Waals surface area contributed by atoms with Gasteiger partial charge in [0.05, 0.1) is 26.3 Å². The van der Waals surface area contributed by atoms with E-state index in [0.717, 1.165) is 0 Å². The van der Waals surface area contributed by atoms with E-state index in [2.05, 4.69) is 10.3 Å². The molecule has 0 aliphatic rings. The lowest BCUT2D eigenvalue weighted by molar-refractivity contribution is 0.102. The highest BCUT2D eigenvalue weighted by Crippen LogP contribution is 2.34. The molecule has 1 amide bonds. The Morgan fingerprint density at radius 2 is 1.65 bits per heavy atom. The largest absolute Gasteiger partial charge is 0.319 e. The summed E-state index contributed by atoms with van der Waals surface area (Å²) < 4.78 is 0. The highest BCUT2D eigenvalue weighted by molar-refractivity contribution is 6.42. The van der Waals surface area contributed by atoms with Crippen molar-refractivity contribution < 1.29 is 4.79 Å². The standard InChI is InChI=1S/C13H8Cl4N2O/c1-6-2-9(15)8(5-18-6)13(20)19-12-10(16)3-7(14)4-11(12)17/h2-5H,1H3,(H,19,20). The third kappa shape index (κ3) is 3.36. The normalized spacial score (nSPS) is 10.4. The van der Waals surface area contributed by atoms with Crippen molar-refractivity contribution in [3.8, 4) is 0 Å². The molecule has 20 heavy (non-hydrogen) atoms. The van der Waals surface area contributed by atoms with Gasteiger partial charge in [0.1, 0.15) is 0 Å². The first-order valence-corrected chi connectivity index (χ1v) is 6.97. The molecule has 2 rings (SSSR count). The summed E-state index contributed by atoms with van der Waals surface area (Å²) in [5.74, 6) is -0.450. The number of nitrogens with one attached hydrogen (secondary N) is 1. The van der Waals surface area contributed by atoms with Crippen LogP contribution >= 0.6 is 46.4 Å². The molecule has 1 heterocycles. The van der Waals surface area contributed by atoms with Gasteiger partial charge in [0.2, 0.25) is 0 Å². The number of amides is 1. The Morgan fingerprint density at radius 1 is 1.05 bits per heavy atom. The molecule has 0 atom stereocenters. The Kier molecular flexibility index (Phi) is 4.76. The predicted molar refractivity (Wildman–Crippen MR) is 83.4 cm³/mol. The van der Waals surface area contributed by atoms with Gasteiger partial charge in [0.15, 0.2) is 0 Å². The Morgan fingerprint density at radius 3 is 2.20 bits per heavy atom. The summed E-state index contributed by atoms with van der Waals surface area (Å²) in [5.41, 5.74) is 1.23. The zero-order valence-corrected chi connectivity index (χ0v) is 13.2. The van der Waals surface area contributed by atoms with E-state index in [1.807, 2.05) is 0 Å². The van der Waals surface area contributed by atoms with Crippen LogP contribution in [0.3, 0.4) is 0 Å². The van der Waals surface area contributed by atoms with E-state index < -0.39 is 5.91 Å². The minimum absolute atomic E-state index is 0.236. The molecule has 1 aromatic heterocycles. The molecule has 2 aromatic rings. The van der Waals surface area contributed by atoms with Gasteiger partial charge in [0.25, 0.3) is 5.91 Å². The number of anilines is 1. The summed E-state index contributed by atoms with van der Waals surface area (Å²) in [5, 5.41) is 3.77. The summed E-state index contributed by atoms with van der Waals surface area (Å²) >= 11 is 23.8. The number of carbonyl (C=O) groups is 1. The monoisotopic (exact) mass is 348 g/mol. The number of nitrogens with zero attached hydrogens (tertiary/aromatic N) is 1. The van der Waals surface area contributed by atoms with Crippen LogP contribution in [0.5, 0.6) is 0 Å². The average molecular weight is 350 g/mol.